The summed E-state index contributed by atoms with van der Waals surface area (Å²) >= 11 is 0. The van der Waals surface area contributed by atoms with Gasteiger partial charge in [-0.2, -0.15) is 0 Å². The fraction of sp³-hybridized carbons (Fsp3) is 0.913. The van der Waals surface area contributed by atoms with Gasteiger partial charge in [0.1, 0.15) is 6.42 Å². The van der Waals surface area contributed by atoms with Crippen LogP contribution in [0.5, 0.6) is 0 Å². The van der Waals surface area contributed by atoms with Crippen molar-refractivity contribution in [2.24, 2.45) is 0 Å². The zero-order chi connectivity index (χ0) is 30.2. The second-order valence-corrected chi connectivity index (χ2v) is 27.8. The summed E-state index contributed by atoms with van der Waals surface area (Å²) in [6.45, 7) is 25.8. The van der Waals surface area contributed by atoms with Gasteiger partial charge in [-0.1, -0.05) is 0 Å². The summed E-state index contributed by atoms with van der Waals surface area (Å²) in [4.78, 5) is 24.8. The van der Waals surface area contributed by atoms with Crippen molar-refractivity contribution in [1.82, 2.24) is 10.6 Å². The number of hydrogen-bond donors (Lipinski definition) is 2. The maximum Gasteiger partial charge on any atom is 0.479 e. The van der Waals surface area contributed by atoms with Gasteiger partial charge in [-0.05, 0) is 92.9 Å². The highest BCUT2D eigenvalue weighted by Gasteiger charge is 2.43. The molecule has 0 aromatic carbocycles. The lowest BCUT2D eigenvalue weighted by atomic mass is 10.3. The first-order valence-electron chi connectivity index (χ1n) is 14.6. The maximum atomic E-state index is 12.4. The second-order valence-electron chi connectivity index (χ2n) is 11.4. The molecule has 0 aromatic rings. The van der Waals surface area contributed by atoms with Crippen LogP contribution < -0.4 is 10.6 Å². The number of carbonyl (C=O) groups is 2. The summed E-state index contributed by atoms with van der Waals surface area (Å²) in [6.07, 6.45) is 1.17. The number of rotatable bonds is 22. The largest absolute Gasteiger partial charge is 0.479 e. The van der Waals surface area contributed by atoms with Gasteiger partial charge in [0, 0.05) is 37.4 Å². The topological polar surface area (TPSA) is 114 Å². The van der Waals surface area contributed by atoms with Crippen molar-refractivity contribution in [3.63, 3.8) is 0 Å². The highest BCUT2D eigenvalue weighted by molar-refractivity contribution is 6.76. The summed E-state index contributed by atoms with van der Waals surface area (Å²) in [7, 11) is -11.1. The van der Waals surface area contributed by atoms with Crippen LogP contribution >= 0.6 is 0 Å². The minimum atomic E-state index is -2.79. The molecule has 2 N–H and O–H groups in total. The molecule has 2 amide bonds. The second kappa shape index (κ2) is 20.0. The lowest BCUT2D eigenvalue weighted by Crippen LogP contribution is -2.52. The monoisotopic (exact) mass is 658 g/mol. The standard InChI is InChI=1S/C23H58N2O8Si6/c1-20(2)28-38(30-34(5)6,31-35(7)8)17-13-15-24-22(26)19-23(27)25-16-14-18-39(29-21(3)4,32-36(9)10)33-37(11)12/h20-21,34-37H,13-19H2,1-12H3,(H,24,26)(H,25,27). The molecule has 0 aliphatic rings. The molecule has 0 unspecified atom stereocenters. The van der Waals surface area contributed by atoms with E-state index in [1.54, 1.807) is 0 Å². The van der Waals surface area contributed by atoms with Crippen molar-refractivity contribution < 1.29 is 34.9 Å². The number of nitrogens with one attached hydrogen (secondary N) is 2. The molecule has 0 aliphatic heterocycles. The first-order valence-corrected chi connectivity index (χ1v) is 29.6. The Bertz CT molecular complexity index is 592. The van der Waals surface area contributed by atoms with Crippen LogP contribution in [0, 0.1) is 0 Å². The number of carbonyl (C=O) groups excluding carboxylic acids is 2. The molecule has 16 heteroatoms. The van der Waals surface area contributed by atoms with Gasteiger partial charge in [0.25, 0.3) is 0 Å². The smallest absolute Gasteiger partial charge is 0.419 e. The lowest BCUT2D eigenvalue weighted by Gasteiger charge is -2.35. The molecule has 0 heterocycles. The van der Waals surface area contributed by atoms with E-state index in [1.165, 1.54) is 0 Å². The van der Waals surface area contributed by atoms with Crippen molar-refractivity contribution >= 4 is 65.6 Å². The molecule has 0 fully saturated rings. The summed E-state index contributed by atoms with van der Waals surface area (Å²) in [5.41, 5.74) is 0. The molecular formula is C23H58N2O8Si6. The Morgan fingerprint density at radius 1 is 0.590 bits per heavy atom. The summed E-state index contributed by atoms with van der Waals surface area (Å²) in [5.74, 6) is -0.587. The minimum Gasteiger partial charge on any atom is -0.419 e. The predicted octanol–water partition coefficient (Wildman–Crippen LogP) is 3.12. The van der Waals surface area contributed by atoms with E-state index >= 15 is 0 Å². The van der Waals surface area contributed by atoms with E-state index in [0.717, 1.165) is 0 Å². The molecule has 0 rings (SSSR count). The fourth-order valence-electron chi connectivity index (χ4n) is 4.01. The van der Waals surface area contributed by atoms with Crippen LogP contribution in [0.15, 0.2) is 0 Å². The van der Waals surface area contributed by atoms with E-state index in [0.29, 0.717) is 38.0 Å². The zero-order valence-corrected chi connectivity index (χ0v) is 33.3. The van der Waals surface area contributed by atoms with Crippen LogP contribution in [0.4, 0.5) is 0 Å². The van der Waals surface area contributed by atoms with Gasteiger partial charge >= 0.3 is 17.6 Å². The van der Waals surface area contributed by atoms with Crippen molar-refractivity contribution in [1.29, 1.82) is 0 Å². The molecule has 0 bridgehead atoms. The van der Waals surface area contributed by atoms with Crippen molar-refractivity contribution in [3.05, 3.63) is 0 Å². The van der Waals surface area contributed by atoms with Gasteiger partial charge in [-0.25, -0.2) is 0 Å². The molecule has 0 radical (unpaired) electrons. The fourth-order valence-corrected chi connectivity index (χ4v) is 22.6. The molecular weight excluding hydrogens is 601 g/mol. The Morgan fingerprint density at radius 2 is 0.872 bits per heavy atom. The summed E-state index contributed by atoms with van der Waals surface area (Å²) in [6, 6.07) is 1.31. The van der Waals surface area contributed by atoms with Gasteiger partial charge in [0.05, 0.1) is 0 Å². The van der Waals surface area contributed by atoms with Crippen LogP contribution in [0.25, 0.3) is 0 Å². The van der Waals surface area contributed by atoms with Crippen LogP contribution in [-0.4, -0.2) is 90.9 Å². The van der Waals surface area contributed by atoms with Crippen molar-refractivity contribution in [2.75, 3.05) is 13.1 Å². The van der Waals surface area contributed by atoms with Gasteiger partial charge in [0.2, 0.25) is 11.8 Å². The van der Waals surface area contributed by atoms with Crippen molar-refractivity contribution in [2.45, 2.75) is 124 Å². The average molecular weight is 659 g/mol. The highest BCUT2D eigenvalue weighted by Crippen LogP contribution is 2.23. The first kappa shape index (κ1) is 39.0. The molecule has 232 valence electrons. The van der Waals surface area contributed by atoms with Crippen LogP contribution in [-0.2, 0) is 34.9 Å². The molecule has 0 saturated carbocycles. The van der Waals surface area contributed by atoms with Gasteiger partial charge in [0.15, 0.2) is 36.2 Å². The van der Waals surface area contributed by atoms with E-state index in [4.69, 9.17) is 25.3 Å². The quantitative estimate of drug-likeness (QED) is 0.104. The van der Waals surface area contributed by atoms with E-state index in [1.807, 2.05) is 27.7 Å². The van der Waals surface area contributed by atoms with Crippen molar-refractivity contribution in [3.8, 4) is 0 Å². The molecule has 0 aliphatic carbocycles. The lowest BCUT2D eigenvalue weighted by molar-refractivity contribution is -0.129. The first-order chi connectivity index (χ1) is 18.0. The molecule has 0 spiro atoms. The summed E-state index contributed by atoms with van der Waals surface area (Å²) in [5, 5.41) is 5.72. The van der Waals surface area contributed by atoms with E-state index in [2.05, 4.69) is 63.0 Å². The van der Waals surface area contributed by atoms with Crippen LogP contribution in [0.1, 0.15) is 47.0 Å². The number of amides is 2. The molecule has 0 aromatic heterocycles. The Morgan fingerprint density at radius 3 is 1.10 bits per heavy atom. The summed E-state index contributed by atoms with van der Waals surface area (Å²) < 4.78 is 37.9. The normalized spacial score (nSPS) is 13.0. The van der Waals surface area contributed by atoms with E-state index in [9.17, 15) is 9.59 Å². The molecule has 39 heavy (non-hydrogen) atoms. The minimum absolute atomic E-state index is 0.0123. The highest BCUT2D eigenvalue weighted by atomic mass is 28.5. The number of hydrogen-bond acceptors (Lipinski definition) is 8. The SMILES string of the molecule is CC(C)O[Si](CCCNC(=O)CC(=O)NCCC[Si](OC(C)C)(O[SiH](C)C)O[SiH](C)C)(O[SiH](C)C)O[SiH](C)C. The molecule has 0 atom stereocenters. The predicted molar refractivity (Wildman–Crippen MR) is 173 cm³/mol. The van der Waals surface area contributed by atoms with Crippen LogP contribution in [0.2, 0.25) is 64.5 Å². The Kier molecular flexibility index (Phi) is 20.0. The van der Waals surface area contributed by atoms with Gasteiger partial charge in [-0.3, -0.25) is 9.59 Å². The van der Waals surface area contributed by atoms with Gasteiger partial charge < -0.3 is 35.9 Å². The molecule has 10 nitrogen and oxygen atoms in total. The average Bonchev–Trinajstić information content (AvgIpc) is 2.71. The van der Waals surface area contributed by atoms with E-state index < -0.39 is 53.8 Å². The molecule has 0 saturated heterocycles. The third-order valence-electron chi connectivity index (χ3n) is 4.78. The maximum absolute atomic E-state index is 12.4. The van der Waals surface area contributed by atoms with E-state index in [-0.39, 0.29) is 30.4 Å². The third-order valence-corrected chi connectivity index (χ3v) is 21.7. The van der Waals surface area contributed by atoms with Gasteiger partial charge in [-0.15, -0.1) is 0 Å². The van der Waals surface area contributed by atoms with Crippen LogP contribution in [0.3, 0.4) is 0 Å². The Hall–Kier alpha value is 0.00130. The third kappa shape index (κ3) is 19.7. The zero-order valence-electron chi connectivity index (χ0n) is 26.7. The Balaban J connectivity index is 4.72. The Labute approximate surface area is 247 Å².